The minimum absolute atomic E-state index is 0.421. The topological polar surface area (TPSA) is 50.2 Å². The van der Waals surface area contributed by atoms with Crippen molar-refractivity contribution in [3.63, 3.8) is 0 Å². The maximum absolute atomic E-state index is 11.4. The molecule has 1 unspecified atom stereocenters. The Balaban J connectivity index is 2.30. The number of rotatable bonds is 4. The third-order valence-corrected chi connectivity index (χ3v) is 3.93. The van der Waals surface area contributed by atoms with Crippen molar-refractivity contribution < 1.29 is 9.90 Å². The summed E-state index contributed by atoms with van der Waals surface area (Å²) in [4.78, 5) is 16.5. The monoisotopic (exact) mass is 281 g/mol. The number of halogens is 1. The van der Waals surface area contributed by atoms with Gasteiger partial charge < -0.3 is 5.11 Å². The molecule has 0 saturated carbocycles. The number of hydrogen-bond donors (Lipinski definition) is 1. The van der Waals surface area contributed by atoms with Gasteiger partial charge in [-0.2, -0.15) is 0 Å². The zero-order chi connectivity index (χ0) is 13.1. The molecular weight excluding hydrogens is 270 g/mol. The largest absolute Gasteiger partial charge is 0.481 e. The second kappa shape index (κ2) is 5.50. The minimum atomic E-state index is -0.867. The van der Waals surface area contributed by atoms with E-state index in [1.165, 1.54) is 11.3 Å². The van der Waals surface area contributed by atoms with Crippen LogP contribution in [0.4, 0.5) is 0 Å². The van der Waals surface area contributed by atoms with Crippen molar-refractivity contribution in [3.05, 3.63) is 50.9 Å². The summed E-state index contributed by atoms with van der Waals surface area (Å²) in [6.45, 7) is 1.90. The Hall–Kier alpha value is -1.39. The van der Waals surface area contributed by atoms with Crippen molar-refractivity contribution >= 4 is 28.9 Å². The van der Waals surface area contributed by atoms with E-state index in [0.29, 0.717) is 17.0 Å². The van der Waals surface area contributed by atoms with Gasteiger partial charge in [-0.3, -0.25) is 4.79 Å². The third-order valence-electron chi connectivity index (χ3n) is 2.65. The summed E-state index contributed by atoms with van der Waals surface area (Å²) in [6.07, 6.45) is 2.15. The molecule has 0 bridgehead atoms. The van der Waals surface area contributed by atoms with E-state index in [1.807, 2.05) is 6.92 Å². The summed E-state index contributed by atoms with van der Waals surface area (Å²) in [5.41, 5.74) is 0.651. The van der Waals surface area contributed by atoms with E-state index in [4.69, 9.17) is 11.6 Å². The second-order valence-electron chi connectivity index (χ2n) is 3.96. The molecule has 5 heteroatoms. The van der Waals surface area contributed by atoms with Crippen LogP contribution < -0.4 is 0 Å². The van der Waals surface area contributed by atoms with E-state index >= 15 is 0 Å². The van der Waals surface area contributed by atoms with Crippen molar-refractivity contribution in [2.24, 2.45) is 0 Å². The highest BCUT2D eigenvalue weighted by atomic mass is 35.5. The third kappa shape index (κ3) is 2.89. The first-order chi connectivity index (χ1) is 8.58. The highest BCUT2D eigenvalue weighted by Gasteiger charge is 2.23. The molecule has 0 spiro atoms. The van der Waals surface area contributed by atoms with Gasteiger partial charge in [-0.25, -0.2) is 4.98 Å². The summed E-state index contributed by atoms with van der Waals surface area (Å²) < 4.78 is 0. The Morgan fingerprint density at radius 2 is 2.22 bits per heavy atom. The number of aromatic nitrogens is 1. The van der Waals surface area contributed by atoms with Crippen LogP contribution in [-0.2, 0) is 11.2 Å². The fourth-order valence-electron chi connectivity index (χ4n) is 1.79. The fourth-order valence-corrected chi connectivity index (χ4v) is 2.90. The van der Waals surface area contributed by atoms with Gasteiger partial charge in [0, 0.05) is 22.5 Å². The Bertz CT molecular complexity index is 568. The van der Waals surface area contributed by atoms with Crippen LogP contribution >= 0.6 is 22.9 Å². The smallest absolute Gasteiger partial charge is 0.311 e. The molecule has 0 fully saturated rings. The number of aliphatic carboxylic acids is 1. The predicted octanol–water partition coefficient (Wildman–Crippen LogP) is 3.52. The molecule has 3 nitrogen and oxygen atoms in total. The van der Waals surface area contributed by atoms with E-state index in [-0.39, 0.29) is 0 Å². The molecule has 0 radical (unpaired) electrons. The number of aryl methyl sites for hydroxylation is 1. The summed E-state index contributed by atoms with van der Waals surface area (Å²) >= 11 is 7.58. The molecule has 2 aromatic rings. The van der Waals surface area contributed by atoms with Crippen molar-refractivity contribution in [1.29, 1.82) is 0 Å². The van der Waals surface area contributed by atoms with Crippen molar-refractivity contribution in [2.45, 2.75) is 19.3 Å². The summed E-state index contributed by atoms with van der Waals surface area (Å²) in [5.74, 6) is -1.49. The number of nitrogens with zero attached hydrogens (tertiary/aromatic N) is 1. The molecule has 0 saturated heterocycles. The number of carboxylic acids is 1. The Morgan fingerprint density at radius 1 is 1.50 bits per heavy atom. The Labute approximate surface area is 114 Å². The molecular formula is C13H12ClNO2S. The zero-order valence-corrected chi connectivity index (χ0v) is 11.3. The van der Waals surface area contributed by atoms with E-state index in [1.54, 1.807) is 30.5 Å². The summed E-state index contributed by atoms with van der Waals surface area (Å²) in [5, 5.41) is 10.8. The molecule has 94 valence electrons. The van der Waals surface area contributed by atoms with Crippen LogP contribution in [0.5, 0.6) is 0 Å². The standard InChI is InChI=1S/C13H12ClNO2S/c1-8-15-7-9(18-8)6-11(13(16)17)10-4-2-3-5-12(10)14/h2-5,7,11H,6H2,1H3,(H,16,17). The van der Waals surface area contributed by atoms with Crippen LogP contribution in [0.25, 0.3) is 0 Å². The van der Waals surface area contributed by atoms with E-state index in [0.717, 1.165) is 9.88 Å². The molecule has 0 aliphatic heterocycles. The van der Waals surface area contributed by atoms with Gasteiger partial charge in [-0.05, 0) is 18.6 Å². The molecule has 0 aliphatic carbocycles. The molecule has 0 amide bonds. The van der Waals surface area contributed by atoms with Gasteiger partial charge in [0.15, 0.2) is 0 Å². The Kier molecular flexibility index (Phi) is 3.99. The predicted molar refractivity (Wildman–Crippen MR) is 72.4 cm³/mol. The number of hydrogen-bond acceptors (Lipinski definition) is 3. The number of carbonyl (C=O) groups is 1. The first-order valence-corrected chi connectivity index (χ1v) is 6.66. The molecule has 1 atom stereocenters. The van der Waals surface area contributed by atoms with Crippen molar-refractivity contribution in [2.75, 3.05) is 0 Å². The molecule has 1 N–H and O–H groups in total. The van der Waals surface area contributed by atoms with Gasteiger partial charge in [0.1, 0.15) is 0 Å². The lowest BCUT2D eigenvalue weighted by Crippen LogP contribution is -2.14. The summed E-state index contributed by atoms with van der Waals surface area (Å²) in [7, 11) is 0. The molecule has 1 aromatic heterocycles. The fraction of sp³-hybridized carbons (Fsp3) is 0.231. The first-order valence-electron chi connectivity index (χ1n) is 5.46. The summed E-state index contributed by atoms with van der Waals surface area (Å²) in [6, 6.07) is 7.07. The maximum atomic E-state index is 11.4. The highest BCUT2D eigenvalue weighted by molar-refractivity contribution is 7.11. The van der Waals surface area contributed by atoms with Gasteiger partial charge in [-0.15, -0.1) is 11.3 Å². The second-order valence-corrected chi connectivity index (χ2v) is 5.69. The lowest BCUT2D eigenvalue weighted by molar-refractivity contribution is -0.138. The minimum Gasteiger partial charge on any atom is -0.481 e. The van der Waals surface area contributed by atoms with Crippen LogP contribution in [0.15, 0.2) is 30.5 Å². The van der Waals surface area contributed by atoms with Crippen LogP contribution in [0.3, 0.4) is 0 Å². The molecule has 1 heterocycles. The van der Waals surface area contributed by atoms with Crippen LogP contribution in [0.2, 0.25) is 5.02 Å². The van der Waals surface area contributed by atoms with Gasteiger partial charge >= 0.3 is 5.97 Å². The Morgan fingerprint density at radius 3 is 2.78 bits per heavy atom. The quantitative estimate of drug-likeness (QED) is 0.933. The highest BCUT2D eigenvalue weighted by Crippen LogP contribution is 2.29. The van der Waals surface area contributed by atoms with Gasteiger partial charge in [0.05, 0.1) is 10.9 Å². The number of thiazole rings is 1. The van der Waals surface area contributed by atoms with Crippen molar-refractivity contribution in [3.8, 4) is 0 Å². The number of carboxylic acid groups (broad SMARTS) is 1. The average molecular weight is 282 g/mol. The van der Waals surface area contributed by atoms with Gasteiger partial charge in [0.25, 0.3) is 0 Å². The number of benzene rings is 1. The van der Waals surface area contributed by atoms with Crippen LogP contribution in [0.1, 0.15) is 21.4 Å². The molecule has 1 aromatic carbocycles. The van der Waals surface area contributed by atoms with E-state index in [2.05, 4.69) is 4.98 Å². The van der Waals surface area contributed by atoms with Crippen molar-refractivity contribution in [1.82, 2.24) is 4.98 Å². The first kappa shape index (κ1) is 13.1. The van der Waals surface area contributed by atoms with Gasteiger partial charge in [-0.1, -0.05) is 29.8 Å². The SMILES string of the molecule is Cc1ncc(CC(C(=O)O)c2ccccc2Cl)s1. The lowest BCUT2D eigenvalue weighted by atomic mass is 9.95. The van der Waals surface area contributed by atoms with E-state index < -0.39 is 11.9 Å². The normalized spacial score (nSPS) is 12.3. The molecule has 18 heavy (non-hydrogen) atoms. The van der Waals surface area contributed by atoms with Gasteiger partial charge in [0.2, 0.25) is 0 Å². The molecule has 2 rings (SSSR count). The van der Waals surface area contributed by atoms with Crippen LogP contribution in [0, 0.1) is 6.92 Å². The van der Waals surface area contributed by atoms with Crippen LogP contribution in [-0.4, -0.2) is 16.1 Å². The molecule has 0 aliphatic rings. The zero-order valence-electron chi connectivity index (χ0n) is 9.76. The van der Waals surface area contributed by atoms with E-state index in [9.17, 15) is 9.90 Å². The maximum Gasteiger partial charge on any atom is 0.311 e. The lowest BCUT2D eigenvalue weighted by Gasteiger charge is -2.12. The average Bonchev–Trinajstić information content (AvgIpc) is 2.73.